The Bertz CT molecular complexity index is 1070. The Kier molecular flexibility index (Phi) is 6.63. The number of carbonyl (C=O) groups is 2. The van der Waals surface area contributed by atoms with Gasteiger partial charge in [-0.15, -0.1) is 0 Å². The first-order valence-corrected chi connectivity index (χ1v) is 10.9. The van der Waals surface area contributed by atoms with Crippen molar-refractivity contribution in [3.63, 3.8) is 0 Å². The van der Waals surface area contributed by atoms with Gasteiger partial charge in [0.2, 0.25) is 5.91 Å². The number of furan rings is 1. The monoisotopic (exact) mass is 437 g/mol. The van der Waals surface area contributed by atoms with Crippen LogP contribution in [-0.4, -0.2) is 51.5 Å². The topological polar surface area (TPSA) is 114 Å². The van der Waals surface area contributed by atoms with Crippen LogP contribution in [0.3, 0.4) is 0 Å². The summed E-state index contributed by atoms with van der Waals surface area (Å²) in [6.45, 7) is 5.37. The van der Waals surface area contributed by atoms with Gasteiger partial charge in [-0.05, 0) is 39.2 Å². The molecule has 0 aliphatic carbocycles. The van der Waals surface area contributed by atoms with Gasteiger partial charge in [-0.2, -0.15) is 0 Å². The van der Waals surface area contributed by atoms with Gasteiger partial charge in [-0.3, -0.25) is 19.6 Å². The summed E-state index contributed by atoms with van der Waals surface area (Å²) in [5.74, 6) is 2.26. The first kappa shape index (κ1) is 21.7. The molecule has 9 nitrogen and oxygen atoms in total. The highest BCUT2D eigenvalue weighted by molar-refractivity contribution is 5.95. The summed E-state index contributed by atoms with van der Waals surface area (Å²) >= 11 is 0. The average Bonchev–Trinajstić information content (AvgIpc) is 3.43. The maximum absolute atomic E-state index is 12.6. The Labute approximate surface area is 186 Å². The number of nitrogens with zero attached hydrogens (tertiary/aromatic N) is 4. The second-order valence-corrected chi connectivity index (χ2v) is 8.04. The van der Waals surface area contributed by atoms with Crippen molar-refractivity contribution in [3.8, 4) is 11.3 Å². The lowest BCUT2D eigenvalue weighted by Crippen LogP contribution is -2.38. The quantitative estimate of drug-likeness (QED) is 0.564. The van der Waals surface area contributed by atoms with E-state index in [4.69, 9.17) is 8.94 Å². The fraction of sp³-hybridized carbons (Fsp3) is 0.435. The molecule has 3 aromatic rings. The molecule has 32 heavy (non-hydrogen) atoms. The fourth-order valence-corrected chi connectivity index (χ4v) is 4.12. The molecule has 1 saturated heterocycles. The second kappa shape index (κ2) is 9.76. The number of aromatic nitrogens is 3. The molecule has 0 aromatic carbocycles. The van der Waals surface area contributed by atoms with Crippen molar-refractivity contribution in [3.05, 3.63) is 53.7 Å². The standard InChI is InChI=1S/C23H27N5O4/c1-15-12-18(16(2)31-15)23(30)26-7-3-4-21(29)28-10-5-17(6-11-28)22-19(13-27-32-22)20-14-24-8-9-25-20/h8-9,12-14,17H,3-7,10-11H2,1-2H3,(H,26,30). The zero-order valence-corrected chi connectivity index (χ0v) is 18.3. The summed E-state index contributed by atoms with van der Waals surface area (Å²) in [6.07, 6.45) is 9.27. The molecule has 1 N–H and O–H groups in total. The number of carbonyl (C=O) groups excluding carboxylic acids is 2. The number of nitrogens with one attached hydrogen (secondary N) is 1. The molecule has 0 bridgehead atoms. The summed E-state index contributed by atoms with van der Waals surface area (Å²) < 4.78 is 10.9. The zero-order valence-electron chi connectivity index (χ0n) is 18.3. The number of piperidine rings is 1. The van der Waals surface area contributed by atoms with Crippen LogP contribution in [0.15, 0.2) is 39.8 Å². The molecule has 2 amide bonds. The third kappa shape index (κ3) is 4.87. The van der Waals surface area contributed by atoms with Crippen molar-refractivity contribution in [1.29, 1.82) is 0 Å². The highest BCUT2D eigenvalue weighted by Crippen LogP contribution is 2.34. The van der Waals surface area contributed by atoms with Crippen molar-refractivity contribution >= 4 is 11.8 Å². The smallest absolute Gasteiger partial charge is 0.254 e. The minimum atomic E-state index is -0.168. The predicted octanol–water partition coefficient (Wildman–Crippen LogP) is 3.26. The Hall–Kier alpha value is -3.49. The first-order chi connectivity index (χ1) is 15.5. The lowest BCUT2D eigenvalue weighted by molar-refractivity contribution is -0.132. The van der Waals surface area contributed by atoms with Crippen molar-refractivity contribution in [1.82, 2.24) is 25.3 Å². The van der Waals surface area contributed by atoms with E-state index in [2.05, 4.69) is 20.4 Å². The molecular formula is C23H27N5O4. The molecule has 0 spiro atoms. The van der Waals surface area contributed by atoms with Crippen LogP contribution >= 0.6 is 0 Å². The van der Waals surface area contributed by atoms with E-state index in [1.54, 1.807) is 37.8 Å². The molecule has 4 heterocycles. The molecular weight excluding hydrogens is 410 g/mol. The second-order valence-electron chi connectivity index (χ2n) is 8.04. The van der Waals surface area contributed by atoms with E-state index in [0.717, 1.165) is 29.9 Å². The van der Waals surface area contributed by atoms with Crippen LogP contribution in [-0.2, 0) is 4.79 Å². The van der Waals surface area contributed by atoms with Crippen LogP contribution in [0.4, 0.5) is 0 Å². The van der Waals surface area contributed by atoms with E-state index in [-0.39, 0.29) is 17.7 Å². The third-order valence-corrected chi connectivity index (χ3v) is 5.79. The van der Waals surface area contributed by atoms with Gasteiger partial charge in [0.25, 0.3) is 5.91 Å². The number of likely N-dealkylation sites (tertiary alicyclic amines) is 1. The highest BCUT2D eigenvalue weighted by Gasteiger charge is 2.28. The van der Waals surface area contributed by atoms with Gasteiger partial charge in [0.1, 0.15) is 17.3 Å². The van der Waals surface area contributed by atoms with Gasteiger partial charge in [0, 0.05) is 44.4 Å². The van der Waals surface area contributed by atoms with Gasteiger partial charge in [-0.25, -0.2) is 0 Å². The van der Waals surface area contributed by atoms with E-state index in [9.17, 15) is 9.59 Å². The molecule has 0 atom stereocenters. The van der Waals surface area contributed by atoms with Crippen molar-refractivity contribution < 1.29 is 18.5 Å². The van der Waals surface area contributed by atoms with E-state index < -0.39 is 0 Å². The van der Waals surface area contributed by atoms with Crippen LogP contribution in [0, 0.1) is 13.8 Å². The molecule has 0 radical (unpaired) electrons. The minimum absolute atomic E-state index is 0.111. The molecule has 9 heteroatoms. The Morgan fingerprint density at radius 2 is 2.00 bits per heavy atom. The van der Waals surface area contributed by atoms with Crippen molar-refractivity contribution in [2.24, 2.45) is 0 Å². The van der Waals surface area contributed by atoms with E-state index in [0.29, 0.717) is 49.6 Å². The third-order valence-electron chi connectivity index (χ3n) is 5.79. The summed E-state index contributed by atoms with van der Waals surface area (Å²) in [4.78, 5) is 35.2. The van der Waals surface area contributed by atoms with Gasteiger partial charge in [0.05, 0.1) is 29.2 Å². The first-order valence-electron chi connectivity index (χ1n) is 10.9. The number of amides is 2. The van der Waals surface area contributed by atoms with E-state index in [1.165, 1.54) is 0 Å². The SMILES string of the molecule is Cc1cc(C(=O)NCCCC(=O)N2CCC(c3oncc3-c3cnccn3)CC2)c(C)o1. The summed E-state index contributed by atoms with van der Waals surface area (Å²) in [5, 5.41) is 6.82. The van der Waals surface area contributed by atoms with Gasteiger partial charge in [0.15, 0.2) is 0 Å². The fourth-order valence-electron chi connectivity index (χ4n) is 4.12. The Balaban J connectivity index is 1.22. The number of aryl methyl sites for hydroxylation is 2. The Morgan fingerprint density at radius 1 is 1.19 bits per heavy atom. The van der Waals surface area contributed by atoms with Gasteiger partial charge < -0.3 is 19.2 Å². The molecule has 1 aliphatic heterocycles. The van der Waals surface area contributed by atoms with Crippen LogP contribution in [0.1, 0.15) is 59.2 Å². The number of hydrogen-bond acceptors (Lipinski definition) is 7. The zero-order chi connectivity index (χ0) is 22.5. The Morgan fingerprint density at radius 3 is 2.69 bits per heavy atom. The highest BCUT2D eigenvalue weighted by atomic mass is 16.5. The molecule has 1 fully saturated rings. The van der Waals surface area contributed by atoms with Crippen LogP contribution < -0.4 is 5.32 Å². The molecule has 4 rings (SSSR count). The van der Waals surface area contributed by atoms with Crippen LogP contribution in [0.5, 0.6) is 0 Å². The summed E-state index contributed by atoms with van der Waals surface area (Å²) in [7, 11) is 0. The lowest BCUT2D eigenvalue weighted by Gasteiger charge is -2.31. The largest absolute Gasteiger partial charge is 0.466 e. The van der Waals surface area contributed by atoms with E-state index in [1.807, 2.05) is 11.8 Å². The number of hydrogen-bond donors (Lipinski definition) is 1. The van der Waals surface area contributed by atoms with Gasteiger partial charge >= 0.3 is 0 Å². The molecule has 0 saturated carbocycles. The summed E-state index contributed by atoms with van der Waals surface area (Å²) in [6, 6.07) is 1.73. The van der Waals surface area contributed by atoms with Crippen LogP contribution in [0.2, 0.25) is 0 Å². The summed E-state index contributed by atoms with van der Waals surface area (Å²) in [5.41, 5.74) is 2.15. The molecule has 1 aliphatic rings. The lowest BCUT2D eigenvalue weighted by atomic mass is 9.91. The van der Waals surface area contributed by atoms with Crippen molar-refractivity contribution in [2.75, 3.05) is 19.6 Å². The maximum atomic E-state index is 12.6. The molecule has 3 aromatic heterocycles. The van der Waals surface area contributed by atoms with Gasteiger partial charge in [-0.1, -0.05) is 5.16 Å². The minimum Gasteiger partial charge on any atom is -0.466 e. The maximum Gasteiger partial charge on any atom is 0.254 e. The van der Waals surface area contributed by atoms with Crippen LogP contribution in [0.25, 0.3) is 11.3 Å². The van der Waals surface area contributed by atoms with E-state index >= 15 is 0 Å². The molecule has 0 unspecified atom stereocenters. The predicted molar refractivity (Wildman–Crippen MR) is 116 cm³/mol. The van der Waals surface area contributed by atoms with Crippen molar-refractivity contribution in [2.45, 2.75) is 45.4 Å². The normalized spacial score (nSPS) is 14.5. The number of rotatable bonds is 7. The molecule has 168 valence electrons. The average molecular weight is 438 g/mol.